The van der Waals surface area contributed by atoms with Crippen LogP contribution in [0.1, 0.15) is 22.3 Å². The quantitative estimate of drug-likeness (QED) is 0.633. The van der Waals surface area contributed by atoms with Gasteiger partial charge in [-0.15, -0.1) is 0 Å². The predicted molar refractivity (Wildman–Crippen MR) is 110 cm³/mol. The molecule has 0 spiro atoms. The molecular weight excluding hydrogens is 336 g/mol. The Kier molecular flexibility index (Phi) is 6.74. The van der Waals surface area contributed by atoms with Crippen LogP contribution in [0.2, 0.25) is 0 Å². The number of hydrogen-bond acceptors (Lipinski definition) is 4. The molecule has 0 radical (unpaired) electrons. The third kappa shape index (κ3) is 6.31. The summed E-state index contributed by atoms with van der Waals surface area (Å²) in [6, 6.07) is 16.7. The molecule has 1 aliphatic heterocycles. The predicted octanol–water partition coefficient (Wildman–Crippen LogP) is 2.57. The van der Waals surface area contributed by atoms with E-state index < -0.39 is 0 Å². The lowest BCUT2D eigenvalue weighted by molar-refractivity contribution is -0.122. The molecule has 1 saturated heterocycles. The normalized spacial score (nSPS) is 15.9. The van der Waals surface area contributed by atoms with E-state index in [1.54, 1.807) is 6.21 Å². The van der Waals surface area contributed by atoms with Gasteiger partial charge in [0.05, 0.1) is 12.8 Å². The first-order valence-corrected chi connectivity index (χ1v) is 9.47. The molecule has 1 aliphatic rings. The maximum absolute atomic E-state index is 12.1. The number of amides is 1. The van der Waals surface area contributed by atoms with E-state index in [0.29, 0.717) is 6.54 Å². The van der Waals surface area contributed by atoms with Gasteiger partial charge in [-0.1, -0.05) is 59.7 Å². The van der Waals surface area contributed by atoms with Crippen LogP contribution in [0.4, 0.5) is 0 Å². The van der Waals surface area contributed by atoms with Gasteiger partial charge in [0, 0.05) is 32.7 Å². The van der Waals surface area contributed by atoms with Crippen LogP contribution in [0.3, 0.4) is 0 Å². The first kappa shape index (κ1) is 19.3. The van der Waals surface area contributed by atoms with Gasteiger partial charge in [0.15, 0.2) is 0 Å². The van der Waals surface area contributed by atoms with Crippen molar-refractivity contribution in [3.05, 3.63) is 70.8 Å². The molecule has 2 aromatic carbocycles. The molecule has 2 aromatic rings. The Hall–Kier alpha value is -2.50. The fourth-order valence-corrected chi connectivity index (χ4v) is 3.13. The van der Waals surface area contributed by atoms with Gasteiger partial charge < -0.3 is 0 Å². The maximum Gasteiger partial charge on any atom is 0.254 e. The standard InChI is InChI=1S/C22H28N4O/c1-18-3-7-20(8-4-18)15-23-24-22(27)17-26-13-11-25(12-14-26)16-21-9-5-19(2)6-10-21/h3-10,15H,11-14,16-17H2,1-2H3,(H,24,27). The zero-order valence-electron chi connectivity index (χ0n) is 16.2. The molecule has 3 rings (SSSR count). The molecule has 5 heteroatoms. The van der Waals surface area contributed by atoms with Crippen LogP contribution in [-0.4, -0.2) is 54.6 Å². The second-order valence-electron chi connectivity index (χ2n) is 7.24. The van der Waals surface area contributed by atoms with Crippen LogP contribution in [0.15, 0.2) is 53.6 Å². The van der Waals surface area contributed by atoms with E-state index in [0.717, 1.165) is 38.3 Å². The molecule has 27 heavy (non-hydrogen) atoms. The number of hydrogen-bond donors (Lipinski definition) is 1. The Morgan fingerprint density at radius 3 is 2.11 bits per heavy atom. The first-order valence-electron chi connectivity index (χ1n) is 9.47. The summed E-state index contributed by atoms with van der Waals surface area (Å²) in [6.07, 6.45) is 1.68. The fraction of sp³-hybridized carbons (Fsp3) is 0.364. The molecule has 1 heterocycles. The summed E-state index contributed by atoms with van der Waals surface area (Å²) >= 11 is 0. The molecule has 1 fully saturated rings. The Morgan fingerprint density at radius 2 is 1.48 bits per heavy atom. The van der Waals surface area contributed by atoms with Crippen LogP contribution >= 0.6 is 0 Å². The van der Waals surface area contributed by atoms with Crippen LogP contribution < -0.4 is 5.43 Å². The fourth-order valence-electron chi connectivity index (χ4n) is 3.13. The Bertz CT molecular complexity index is 760. The van der Waals surface area contributed by atoms with Crippen molar-refractivity contribution in [1.29, 1.82) is 0 Å². The van der Waals surface area contributed by atoms with Crippen molar-refractivity contribution in [1.82, 2.24) is 15.2 Å². The number of carbonyl (C=O) groups is 1. The molecule has 0 saturated carbocycles. The molecular formula is C22H28N4O. The number of nitrogens with zero attached hydrogens (tertiary/aromatic N) is 3. The number of piperazine rings is 1. The summed E-state index contributed by atoms with van der Waals surface area (Å²) < 4.78 is 0. The highest BCUT2D eigenvalue weighted by Crippen LogP contribution is 2.09. The van der Waals surface area contributed by atoms with Crippen molar-refractivity contribution in [3.8, 4) is 0 Å². The summed E-state index contributed by atoms with van der Waals surface area (Å²) in [5.41, 5.74) is 7.44. The van der Waals surface area contributed by atoms with Gasteiger partial charge in [0.25, 0.3) is 5.91 Å². The van der Waals surface area contributed by atoms with Crippen molar-refractivity contribution in [3.63, 3.8) is 0 Å². The van der Waals surface area contributed by atoms with Crippen molar-refractivity contribution in [2.75, 3.05) is 32.7 Å². The average Bonchev–Trinajstić information content (AvgIpc) is 2.67. The van der Waals surface area contributed by atoms with Gasteiger partial charge in [-0.3, -0.25) is 14.6 Å². The largest absolute Gasteiger partial charge is 0.297 e. The van der Waals surface area contributed by atoms with Crippen molar-refractivity contribution >= 4 is 12.1 Å². The van der Waals surface area contributed by atoms with Gasteiger partial charge in [0.1, 0.15) is 0 Å². The topological polar surface area (TPSA) is 47.9 Å². The molecule has 5 nitrogen and oxygen atoms in total. The number of hydrazone groups is 1. The third-order valence-electron chi connectivity index (χ3n) is 4.84. The second-order valence-corrected chi connectivity index (χ2v) is 7.24. The molecule has 0 aliphatic carbocycles. The maximum atomic E-state index is 12.1. The lowest BCUT2D eigenvalue weighted by Crippen LogP contribution is -2.48. The van der Waals surface area contributed by atoms with Gasteiger partial charge in [-0.05, 0) is 25.0 Å². The Labute approximate surface area is 161 Å². The monoisotopic (exact) mass is 364 g/mol. The summed E-state index contributed by atoms with van der Waals surface area (Å²) in [4.78, 5) is 16.7. The van der Waals surface area contributed by atoms with Crippen molar-refractivity contribution in [2.24, 2.45) is 5.10 Å². The van der Waals surface area contributed by atoms with Crippen molar-refractivity contribution < 1.29 is 4.79 Å². The second kappa shape index (κ2) is 9.44. The summed E-state index contributed by atoms with van der Waals surface area (Å²) in [6.45, 7) is 9.29. The van der Waals surface area contributed by atoms with E-state index in [1.807, 2.05) is 31.2 Å². The van der Waals surface area contributed by atoms with Gasteiger partial charge in [-0.25, -0.2) is 5.43 Å². The zero-order valence-corrected chi connectivity index (χ0v) is 16.2. The van der Waals surface area contributed by atoms with E-state index in [4.69, 9.17) is 0 Å². The molecule has 0 unspecified atom stereocenters. The molecule has 1 N–H and O–H groups in total. The number of nitrogens with one attached hydrogen (secondary N) is 1. The lowest BCUT2D eigenvalue weighted by atomic mass is 10.1. The highest BCUT2D eigenvalue weighted by atomic mass is 16.2. The van der Waals surface area contributed by atoms with Crippen LogP contribution in [-0.2, 0) is 11.3 Å². The number of carbonyl (C=O) groups excluding carboxylic acids is 1. The third-order valence-corrected chi connectivity index (χ3v) is 4.84. The zero-order chi connectivity index (χ0) is 19.1. The average molecular weight is 364 g/mol. The Balaban J connectivity index is 1.37. The van der Waals surface area contributed by atoms with E-state index >= 15 is 0 Å². The van der Waals surface area contributed by atoms with Gasteiger partial charge >= 0.3 is 0 Å². The Morgan fingerprint density at radius 1 is 0.926 bits per heavy atom. The summed E-state index contributed by atoms with van der Waals surface area (Å²) in [5, 5.41) is 4.05. The molecule has 0 atom stereocenters. The van der Waals surface area contributed by atoms with Gasteiger partial charge in [0.2, 0.25) is 0 Å². The molecule has 1 amide bonds. The van der Waals surface area contributed by atoms with Crippen LogP contribution in [0, 0.1) is 13.8 Å². The van der Waals surface area contributed by atoms with E-state index in [1.165, 1.54) is 16.7 Å². The minimum Gasteiger partial charge on any atom is -0.297 e. The van der Waals surface area contributed by atoms with E-state index in [2.05, 4.69) is 51.5 Å². The van der Waals surface area contributed by atoms with Crippen LogP contribution in [0.5, 0.6) is 0 Å². The van der Waals surface area contributed by atoms with Crippen LogP contribution in [0.25, 0.3) is 0 Å². The number of aryl methyl sites for hydroxylation is 2. The summed E-state index contributed by atoms with van der Waals surface area (Å²) in [7, 11) is 0. The molecule has 142 valence electrons. The smallest absolute Gasteiger partial charge is 0.254 e. The number of benzene rings is 2. The van der Waals surface area contributed by atoms with E-state index in [9.17, 15) is 4.79 Å². The minimum absolute atomic E-state index is 0.0645. The van der Waals surface area contributed by atoms with E-state index in [-0.39, 0.29) is 5.91 Å². The highest BCUT2D eigenvalue weighted by Gasteiger charge is 2.18. The SMILES string of the molecule is Cc1ccc(C=NNC(=O)CN2CCN(Cc3ccc(C)cc3)CC2)cc1. The van der Waals surface area contributed by atoms with Gasteiger partial charge in [-0.2, -0.15) is 5.10 Å². The van der Waals surface area contributed by atoms with Crippen molar-refractivity contribution in [2.45, 2.75) is 20.4 Å². The minimum atomic E-state index is -0.0645. The lowest BCUT2D eigenvalue weighted by Gasteiger charge is -2.34. The molecule has 0 aromatic heterocycles. The molecule has 0 bridgehead atoms. The highest BCUT2D eigenvalue weighted by molar-refractivity contribution is 5.83. The first-order chi connectivity index (χ1) is 13.1. The number of rotatable bonds is 6. The summed E-state index contributed by atoms with van der Waals surface area (Å²) in [5.74, 6) is -0.0645.